The number of ether oxygens (including phenoxy) is 1. The van der Waals surface area contributed by atoms with Gasteiger partial charge in [0.1, 0.15) is 11.4 Å². The van der Waals surface area contributed by atoms with Crippen molar-refractivity contribution in [1.82, 2.24) is 19.6 Å². The van der Waals surface area contributed by atoms with Crippen LogP contribution >= 0.6 is 11.6 Å². The summed E-state index contributed by atoms with van der Waals surface area (Å²) in [7, 11) is 1.68. The van der Waals surface area contributed by atoms with E-state index in [0.29, 0.717) is 23.0 Å². The zero-order valence-electron chi connectivity index (χ0n) is 20.1. The first-order chi connectivity index (χ1) is 17.1. The zero-order chi connectivity index (χ0) is 24.4. The van der Waals surface area contributed by atoms with Crippen molar-refractivity contribution < 1.29 is 9.53 Å². The van der Waals surface area contributed by atoms with E-state index in [4.69, 9.17) is 21.4 Å². The molecule has 0 spiro atoms. The lowest BCUT2D eigenvalue weighted by atomic mass is 10.0. The van der Waals surface area contributed by atoms with Crippen molar-refractivity contribution in [2.24, 2.45) is 5.92 Å². The van der Waals surface area contributed by atoms with Gasteiger partial charge in [-0.2, -0.15) is 5.10 Å². The fourth-order valence-electron chi connectivity index (χ4n) is 4.83. The highest BCUT2D eigenvalue weighted by atomic mass is 35.5. The molecule has 1 aliphatic heterocycles. The molecule has 3 aromatic rings. The smallest absolute Gasteiger partial charge is 0.254 e. The van der Waals surface area contributed by atoms with Crippen LogP contribution in [0.2, 0.25) is 5.02 Å². The third-order valence-electron chi connectivity index (χ3n) is 6.80. The molecule has 1 aliphatic carbocycles. The zero-order valence-corrected chi connectivity index (χ0v) is 20.9. The number of rotatable bonds is 9. The highest BCUT2D eigenvalue weighted by Crippen LogP contribution is 2.33. The quantitative estimate of drug-likeness (QED) is 0.390. The molecule has 35 heavy (non-hydrogen) atoms. The van der Waals surface area contributed by atoms with E-state index in [0.717, 1.165) is 49.7 Å². The average molecular weight is 491 g/mol. The first kappa shape index (κ1) is 23.6. The number of methoxy groups -OCH3 is 1. The molecule has 182 valence electrons. The number of nitrogens with zero attached hydrogens (tertiary/aromatic N) is 4. The molecule has 5 rings (SSSR count). The molecule has 1 fully saturated rings. The van der Waals surface area contributed by atoms with E-state index < -0.39 is 0 Å². The maximum atomic E-state index is 13.6. The molecule has 7 heteroatoms. The summed E-state index contributed by atoms with van der Waals surface area (Å²) in [4.78, 5) is 17.9. The molecule has 0 unspecified atom stereocenters. The summed E-state index contributed by atoms with van der Waals surface area (Å²) >= 11 is 6.20. The monoisotopic (exact) mass is 490 g/mol. The van der Waals surface area contributed by atoms with Gasteiger partial charge < -0.3 is 9.64 Å². The second-order valence-corrected chi connectivity index (χ2v) is 9.81. The normalized spacial score (nSPS) is 15.5. The van der Waals surface area contributed by atoms with Gasteiger partial charge in [-0.3, -0.25) is 9.69 Å². The van der Waals surface area contributed by atoms with Gasteiger partial charge in [0.05, 0.1) is 25.0 Å². The molecule has 0 saturated heterocycles. The fourth-order valence-corrected chi connectivity index (χ4v) is 5.02. The van der Waals surface area contributed by atoms with Gasteiger partial charge in [0.25, 0.3) is 5.91 Å². The molecule has 0 bridgehead atoms. The van der Waals surface area contributed by atoms with Gasteiger partial charge in [-0.15, -0.1) is 6.58 Å². The third-order valence-corrected chi connectivity index (χ3v) is 7.03. The van der Waals surface area contributed by atoms with Crippen molar-refractivity contribution in [1.29, 1.82) is 0 Å². The van der Waals surface area contributed by atoms with Gasteiger partial charge in [-0.1, -0.05) is 35.9 Å². The van der Waals surface area contributed by atoms with E-state index in [1.807, 2.05) is 52.1 Å². The van der Waals surface area contributed by atoms with Gasteiger partial charge in [0.2, 0.25) is 0 Å². The van der Waals surface area contributed by atoms with Gasteiger partial charge >= 0.3 is 0 Å². The maximum Gasteiger partial charge on any atom is 0.254 e. The Labute approximate surface area is 211 Å². The van der Waals surface area contributed by atoms with Crippen LogP contribution in [0, 0.1) is 5.92 Å². The molecule has 0 N–H and O–H groups in total. The SMILES string of the molecule is C=CCN1CCc2c(c(CN(CC3CC3)C(=O)c3cccc(Cl)c3)nn2-c2ccccc2OC)C1. The third kappa shape index (κ3) is 5.14. The summed E-state index contributed by atoms with van der Waals surface area (Å²) in [5.74, 6) is 1.34. The van der Waals surface area contributed by atoms with Crippen molar-refractivity contribution in [2.75, 3.05) is 26.7 Å². The average Bonchev–Trinajstić information content (AvgIpc) is 3.63. The van der Waals surface area contributed by atoms with E-state index >= 15 is 0 Å². The Morgan fingerprint density at radius 3 is 2.83 bits per heavy atom. The van der Waals surface area contributed by atoms with Crippen LogP contribution in [0.25, 0.3) is 5.69 Å². The number of benzene rings is 2. The van der Waals surface area contributed by atoms with Gasteiger partial charge in [0, 0.05) is 48.7 Å². The van der Waals surface area contributed by atoms with Crippen molar-refractivity contribution in [3.63, 3.8) is 0 Å². The highest BCUT2D eigenvalue weighted by molar-refractivity contribution is 6.30. The minimum absolute atomic E-state index is 0.00116. The van der Waals surface area contributed by atoms with Gasteiger partial charge in [0.15, 0.2) is 0 Å². The number of carbonyl (C=O) groups is 1. The Morgan fingerprint density at radius 1 is 1.26 bits per heavy atom. The topological polar surface area (TPSA) is 50.6 Å². The first-order valence-corrected chi connectivity index (χ1v) is 12.6. The second kappa shape index (κ2) is 10.3. The molecular formula is C28H31ClN4O2. The van der Waals surface area contributed by atoms with Crippen LogP contribution in [-0.4, -0.2) is 52.2 Å². The molecule has 2 aliphatic rings. The number of aromatic nitrogens is 2. The van der Waals surface area contributed by atoms with Crippen molar-refractivity contribution >= 4 is 17.5 Å². The number of halogens is 1. The number of para-hydroxylation sites is 2. The van der Waals surface area contributed by atoms with Crippen LogP contribution in [-0.2, 0) is 19.5 Å². The summed E-state index contributed by atoms with van der Waals surface area (Å²) in [6, 6.07) is 15.2. The van der Waals surface area contributed by atoms with Crippen molar-refractivity contribution in [3.05, 3.63) is 88.7 Å². The number of hydrogen-bond acceptors (Lipinski definition) is 4. The number of carbonyl (C=O) groups excluding carboxylic acids is 1. The van der Waals surface area contributed by atoms with Crippen molar-refractivity contribution in [3.8, 4) is 11.4 Å². The first-order valence-electron chi connectivity index (χ1n) is 12.2. The Kier molecular flexibility index (Phi) is 6.93. The molecule has 6 nitrogen and oxygen atoms in total. The maximum absolute atomic E-state index is 13.6. The van der Waals surface area contributed by atoms with Crippen LogP contribution in [0.15, 0.2) is 61.2 Å². The van der Waals surface area contributed by atoms with E-state index in [9.17, 15) is 4.79 Å². The lowest BCUT2D eigenvalue weighted by Crippen LogP contribution is -2.34. The second-order valence-electron chi connectivity index (χ2n) is 9.37. The van der Waals surface area contributed by atoms with Crippen LogP contribution in [0.1, 0.15) is 40.2 Å². The Bertz CT molecular complexity index is 1230. The summed E-state index contributed by atoms with van der Waals surface area (Å²) in [5, 5.41) is 5.66. The van der Waals surface area contributed by atoms with Crippen LogP contribution in [0.4, 0.5) is 0 Å². The molecule has 2 heterocycles. The van der Waals surface area contributed by atoms with E-state index in [1.165, 1.54) is 24.1 Å². The number of fused-ring (bicyclic) bond motifs is 1. The van der Waals surface area contributed by atoms with E-state index in [-0.39, 0.29) is 5.91 Å². The summed E-state index contributed by atoms with van der Waals surface area (Å²) < 4.78 is 7.67. The fraction of sp³-hybridized carbons (Fsp3) is 0.357. The molecule has 1 saturated carbocycles. The number of amides is 1. The predicted molar refractivity (Wildman–Crippen MR) is 138 cm³/mol. The van der Waals surface area contributed by atoms with Gasteiger partial charge in [-0.05, 0) is 49.1 Å². The van der Waals surface area contributed by atoms with E-state index in [1.54, 1.807) is 19.2 Å². The Balaban J connectivity index is 1.53. The standard InChI is InChI=1S/C28H31ClN4O2/c1-3-14-31-15-13-25-23(18-31)24(30-33(25)26-9-4-5-10-27(26)35-2)19-32(17-20-11-12-20)28(34)21-7-6-8-22(29)16-21/h3-10,16,20H,1,11-15,17-19H2,2H3. The summed E-state index contributed by atoms with van der Waals surface area (Å²) in [5.41, 5.74) is 4.86. The Hall–Kier alpha value is -3.09. The van der Waals surface area contributed by atoms with Gasteiger partial charge in [-0.25, -0.2) is 4.68 Å². The Morgan fingerprint density at radius 2 is 2.09 bits per heavy atom. The largest absolute Gasteiger partial charge is 0.494 e. The predicted octanol–water partition coefficient (Wildman–Crippen LogP) is 5.13. The van der Waals surface area contributed by atoms with Crippen LogP contribution < -0.4 is 4.74 Å². The summed E-state index contributed by atoms with van der Waals surface area (Å²) in [6.07, 6.45) is 5.15. The lowest BCUT2D eigenvalue weighted by molar-refractivity contribution is 0.0731. The molecule has 2 aromatic carbocycles. The molecular weight excluding hydrogens is 460 g/mol. The lowest BCUT2D eigenvalue weighted by Gasteiger charge is -2.28. The molecule has 0 atom stereocenters. The minimum atomic E-state index is -0.00116. The van der Waals surface area contributed by atoms with E-state index in [2.05, 4.69) is 11.5 Å². The molecule has 0 radical (unpaired) electrons. The van der Waals surface area contributed by atoms with Crippen LogP contribution in [0.5, 0.6) is 5.75 Å². The van der Waals surface area contributed by atoms with Crippen molar-refractivity contribution in [2.45, 2.75) is 32.4 Å². The molecule has 1 aromatic heterocycles. The molecule has 1 amide bonds. The highest BCUT2D eigenvalue weighted by Gasteiger charge is 2.31. The van der Waals surface area contributed by atoms with Crippen LogP contribution in [0.3, 0.4) is 0 Å². The summed E-state index contributed by atoms with van der Waals surface area (Å²) in [6.45, 7) is 7.67. The number of hydrogen-bond donors (Lipinski definition) is 0. The minimum Gasteiger partial charge on any atom is -0.494 e.